The maximum Gasteiger partial charge on any atom is 0.408 e. The molecule has 380 valence electrons. The Balaban J connectivity index is 0.000000148. The highest BCUT2D eigenvalue weighted by Gasteiger charge is 2.49. The number of carboxylic acid groups (broad SMARTS) is 1. The van der Waals surface area contributed by atoms with Crippen LogP contribution < -0.4 is 22.1 Å². The Morgan fingerprint density at radius 2 is 1.08 bits per heavy atom. The lowest BCUT2D eigenvalue weighted by atomic mass is 10.1. The number of hydrogen-bond donors (Lipinski definition) is 6. The predicted molar refractivity (Wildman–Crippen MR) is 259 cm³/mol. The molecule has 21 nitrogen and oxygen atoms in total. The first-order valence-corrected chi connectivity index (χ1v) is 23.7. The number of amides is 2. The summed E-state index contributed by atoms with van der Waals surface area (Å²) >= 11 is 0. The quantitative estimate of drug-likeness (QED) is 0.0315. The molecule has 0 radical (unpaired) electrons. The van der Waals surface area contributed by atoms with E-state index >= 15 is 0 Å². The predicted octanol–water partition coefficient (Wildman–Crippen LogP) is 8.07. The van der Waals surface area contributed by atoms with Crippen molar-refractivity contribution in [2.75, 3.05) is 0 Å². The zero-order valence-electron chi connectivity index (χ0n) is 40.8. The molecule has 71 heavy (non-hydrogen) atoms. The molecule has 6 saturated carbocycles. The highest BCUT2D eigenvalue weighted by Crippen LogP contribution is 2.46. The van der Waals surface area contributed by atoms with Crippen molar-refractivity contribution in [3.63, 3.8) is 0 Å². The summed E-state index contributed by atoms with van der Waals surface area (Å²) in [7, 11) is 0. The van der Waals surface area contributed by atoms with Gasteiger partial charge >= 0.3 is 18.2 Å². The van der Waals surface area contributed by atoms with Gasteiger partial charge in [-0.05, 0) is 155 Å². The molecule has 5 aromatic heterocycles. The second kappa shape index (κ2) is 20.5. The van der Waals surface area contributed by atoms with E-state index in [1.165, 1.54) is 6.20 Å². The lowest BCUT2D eigenvalue weighted by Gasteiger charge is -2.23. The van der Waals surface area contributed by atoms with Crippen molar-refractivity contribution in [2.45, 2.75) is 158 Å². The van der Waals surface area contributed by atoms with E-state index in [-0.39, 0.29) is 29.7 Å². The number of ether oxygens (including phenoxy) is 2. The van der Waals surface area contributed by atoms with Crippen molar-refractivity contribution in [2.24, 2.45) is 22.5 Å². The van der Waals surface area contributed by atoms with Gasteiger partial charge in [0, 0.05) is 47.1 Å². The summed E-state index contributed by atoms with van der Waals surface area (Å²) in [6, 6.07) is 11.2. The number of nitrogens with two attached hydrogens (primary N) is 2. The van der Waals surface area contributed by atoms with E-state index in [0.29, 0.717) is 34.9 Å². The Hall–Kier alpha value is -6.74. The first-order valence-electron chi connectivity index (χ1n) is 23.7. The molecule has 6 aliphatic rings. The van der Waals surface area contributed by atoms with Gasteiger partial charge in [-0.2, -0.15) is 9.97 Å². The molecule has 6 fully saturated rings. The number of nitrogens with zero attached hydrogens (tertiary/aromatic N) is 8. The number of aliphatic carboxylic acids is 1. The molecule has 8 N–H and O–H groups in total. The number of nitrogens with one attached hydrogen (secondary N) is 2. The zero-order valence-corrected chi connectivity index (χ0v) is 41.6. The number of carbonyl (C=O) groups excluding carboxylic acids is 2. The molecule has 6 aliphatic carbocycles. The summed E-state index contributed by atoms with van der Waals surface area (Å²) in [5.41, 5.74) is 14.2. The number of amidine groups is 1. The molecule has 0 aromatic carbocycles. The molecule has 0 atom stereocenters. The minimum Gasteiger partial charge on any atom is -0.481 e. The number of rotatable bonds is 11. The van der Waals surface area contributed by atoms with Crippen LogP contribution in [0.15, 0.2) is 69.2 Å². The molecule has 11 rings (SSSR count). The average Bonchev–Trinajstić information content (AvgIpc) is 4.09. The highest BCUT2D eigenvalue weighted by atomic mass is 35.5. The number of hydrogen-bond acceptors (Lipinski definition) is 17. The number of oxime groups is 1. The van der Waals surface area contributed by atoms with Gasteiger partial charge in [-0.1, -0.05) is 15.5 Å². The third-order valence-electron chi connectivity index (χ3n) is 12.1. The molecule has 22 heteroatoms. The van der Waals surface area contributed by atoms with Crippen LogP contribution in [0.3, 0.4) is 0 Å². The third kappa shape index (κ3) is 14.2. The smallest absolute Gasteiger partial charge is 0.408 e. The van der Waals surface area contributed by atoms with Crippen molar-refractivity contribution >= 4 is 36.4 Å². The molecular weight excluding hydrogens is 936 g/mol. The van der Waals surface area contributed by atoms with E-state index in [1.807, 2.05) is 65.8 Å². The summed E-state index contributed by atoms with van der Waals surface area (Å²) in [5.74, 6) is 2.96. The normalized spacial score (nSPS) is 18.7. The van der Waals surface area contributed by atoms with Gasteiger partial charge in [-0.25, -0.2) is 9.59 Å². The van der Waals surface area contributed by atoms with Crippen LogP contribution in [0.4, 0.5) is 9.59 Å². The zero-order chi connectivity index (χ0) is 50.1. The maximum atomic E-state index is 12.1. The lowest BCUT2D eigenvalue weighted by Crippen LogP contribution is -2.39. The fourth-order valence-corrected chi connectivity index (χ4v) is 7.07. The Labute approximate surface area is 417 Å². The van der Waals surface area contributed by atoms with Gasteiger partial charge < -0.3 is 50.9 Å². The van der Waals surface area contributed by atoms with E-state index < -0.39 is 40.4 Å². The molecule has 5 heterocycles. The molecule has 0 bridgehead atoms. The molecule has 2 amide bonds. The topological polar surface area (TPSA) is 315 Å². The van der Waals surface area contributed by atoms with Crippen molar-refractivity contribution in [3.05, 3.63) is 89.4 Å². The van der Waals surface area contributed by atoms with Gasteiger partial charge in [0.2, 0.25) is 23.4 Å². The average molecular weight is 1000 g/mol. The van der Waals surface area contributed by atoms with Crippen LogP contribution in [-0.4, -0.2) is 80.7 Å². The summed E-state index contributed by atoms with van der Waals surface area (Å²) in [6.45, 7) is 11.0. The van der Waals surface area contributed by atoms with Gasteiger partial charge in [-0.15, -0.1) is 12.4 Å². The minimum absolute atomic E-state index is 0. The van der Waals surface area contributed by atoms with Crippen LogP contribution in [0, 0.1) is 5.92 Å². The van der Waals surface area contributed by atoms with E-state index in [2.05, 4.69) is 51.0 Å². The Morgan fingerprint density at radius 1 is 0.662 bits per heavy atom. The molecule has 0 saturated heterocycles. The van der Waals surface area contributed by atoms with E-state index in [4.69, 9.17) is 40.3 Å². The fraction of sp³-hybridized carbons (Fsp3) is 0.531. The Kier molecular flexibility index (Phi) is 15.1. The van der Waals surface area contributed by atoms with Crippen LogP contribution in [0.25, 0.3) is 22.8 Å². The van der Waals surface area contributed by atoms with Gasteiger partial charge in [0.15, 0.2) is 5.84 Å². The van der Waals surface area contributed by atoms with E-state index in [9.17, 15) is 14.4 Å². The van der Waals surface area contributed by atoms with Crippen LogP contribution in [0.1, 0.15) is 165 Å². The first kappa shape index (κ1) is 52.1. The molecule has 0 spiro atoms. The number of carbonyl (C=O) groups is 3. The molecular formula is C49H63ClN12O9. The molecule has 5 aromatic rings. The number of aromatic nitrogens is 7. The van der Waals surface area contributed by atoms with Gasteiger partial charge in [0.05, 0.1) is 39.6 Å². The van der Waals surface area contributed by atoms with Crippen molar-refractivity contribution in [1.29, 1.82) is 0 Å². The third-order valence-corrected chi connectivity index (χ3v) is 12.1. The highest BCUT2D eigenvalue weighted by molar-refractivity contribution is 5.96. The second-order valence-corrected chi connectivity index (χ2v) is 20.9. The number of carboxylic acids is 1. The second-order valence-electron chi connectivity index (χ2n) is 20.9. The van der Waals surface area contributed by atoms with Crippen LogP contribution in [0.2, 0.25) is 0 Å². The first-order chi connectivity index (χ1) is 33.2. The maximum absolute atomic E-state index is 12.1. The SMILES string of the molecule is CC(C)(C)OC(=O)NC1(c2ccc(-c3noc(C4CC4)n3)cn2)CC1.CC(C)(C)OC(=O)NC1(c2ccc(C(N)=NO)cn2)CC1.Cl.NC1(c2ccc(-c3noc(C4CC4)n3)cn2)CC1.O=C(O)C1CC1. The number of alkyl carbamates (subject to hydrolysis) is 2. The Bertz CT molecular complexity index is 2670. The van der Waals surface area contributed by atoms with Crippen LogP contribution in [-0.2, 0) is 30.9 Å². The van der Waals surface area contributed by atoms with Gasteiger partial charge in [-0.3, -0.25) is 19.7 Å². The van der Waals surface area contributed by atoms with Gasteiger partial charge in [0.1, 0.15) is 11.2 Å². The lowest BCUT2D eigenvalue weighted by molar-refractivity contribution is -0.138. The summed E-state index contributed by atoms with van der Waals surface area (Å²) in [5, 5.41) is 33.4. The fourth-order valence-electron chi connectivity index (χ4n) is 7.07. The largest absolute Gasteiger partial charge is 0.481 e. The standard InChI is InChI=1S/C18H22N4O3.C14H20N4O3.C13H14N4O.C4H6O2.ClH/c1-17(2,3)24-16(23)21-18(8-9-18)13-7-6-12(10-19-13)14-20-15(25-22-14)11-4-5-11;1-13(2,3)21-12(19)17-14(6-7-14)10-5-4-9(8-16-10)11(15)18-20;14-13(5-6-13)10-4-3-9(7-15-10)11-16-12(18-17-11)8-1-2-8;5-4(6)3-1-2-3;/h6-7,10-11H,4-5,8-9H2,1-3H3,(H,21,23);4-5,8,20H,6-7H2,1-3H3,(H2,15,18)(H,17,19);3-4,7-8H,1-2,5-6,14H2;3H,1-2H2,(H,5,6);1H. The number of halogens is 1. The van der Waals surface area contributed by atoms with Crippen molar-refractivity contribution < 1.29 is 43.2 Å². The molecule has 0 aliphatic heterocycles. The Morgan fingerprint density at radius 3 is 1.38 bits per heavy atom. The number of pyridine rings is 3. The van der Waals surface area contributed by atoms with Crippen LogP contribution in [0.5, 0.6) is 0 Å². The van der Waals surface area contributed by atoms with E-state index in [1.54, 1.807) is 24.5 Å². The summed E-state index contributed by atoms with van der Waals surface area (Å²) in [4.78, 5) is 55.7. The van der Waals surface area contributed by atoms with Crippen molar-refractivity contribution in [3.8, 4) is 22.8 Å². The van der Waals surface area contributed by atoms with Crippen LogP contribution >= 0.6 is 12.4 Å². The summed E-state index contributed by atoms with van der Waals surface area (Å²) in [6.07, 6.45) is 15.9. The van der Waals surface area contributed by atoms with Crippen molar-refractivity contribution in [1.82, 2.24) is 45.9 Å². The van der Waals surface area contributed by atoms with E-state index in [0.717, 1.165) is 111 Å². The van der Waals surface area contributed by atoms with Gasteiger partial charge in [0.25, 0.3) is 0 Å². The molecule has 0 unspecified atom stereocenters. The monoisotopic (exact) mass is 998 g/mol. The minimum atomic E-state index is -0.630. The summed E-state index contributed by atoms with van der Waals surface area (Å²) < 4.78 is 21.1.